The van der Waals surface area contributed by atoms with Crippen molar-refractivity contribution in [2.75, 3.05) is 42.1 Å². The Morgan fingerprint density at radius 1 is 0.971 bits per heavy atom. The maximum Gasteiger partial charge on any atom is 0.206 e. The lowest BCUT2D eigenvalue weighted by molar-refractivity contribution is 0.104. The molecule has 6 nitrogen and oxygen atoms in total. The third-order valence-corrected chi connectivity index (χ3v) is 7.81. The number of halogens is 1. The van der Waals surface area contributed by atoms with Gasteiger partial charge in [0.1, 0.15) is 16.5 Å². The Morgan fingerprint density at radius 2 is 1.65 bits per heavy atom. The van der Waals surface area contributed by atoms with E-state index in [4.69, 9.17) is 5.73 Å². The number of ketones is 1. The van der Waals surface area contributed by atoms with Crippen molar-refractivity contribution < 1.29 is 9.18 Å². The number of nitrogens with one attached hydrogen (secondary N) is 1. The molecule has 0 saturated carbocycles. The second kappa shape index (κ2) is 10.1. The van der Waals surface area contributed by atoms with Crippen molar-refractivity contribution in [2.24, 2.45) is 0 Å². The van der Waals surface area contributed by atoms with Gasteiger partial charge in [0.05, 0.1) is 0 Å². The summed E-state index contributed by atoms with van der Waals surface area (Å²) >= 11 is 1.20. The van der Waals surface area contributed by atoms with E-state index >= 15 is 0 Å². The molecular formula is C26H30FN5OS. The van der Waals surface area contributed by atoms with Crippen LogP contribution in [0.4, 0.5) is 26.7 Å². The zero-order chi connectivity index (χ0) is 23.5. The van der Waals surface area contributed by atoms with Crippen LogP contribution in [-0.2, 0) is 0 Å². The molecule has 0 radical (unpaired) electrons. The maximum atomic E-state index is 13.2. The van der Waals surface area contributed by atoms with Crippen molar-refractivity contribution in [3.63, 3.8) is 0 Å². The zero-order valence-corrected chi connectivity index (χ0v) is 20.0. The summed E-state index contributed by atoms with van der Waals surface area (Å²) in [5.74, 6) is -0.465. The summed E-state index contributed by atoms with van der Waals surface area (Å²) in [6.07, 6.45) is 6.53. The Labute approximate surface area is 203 Å². The number of anilines is 4. The van der Waals surface area contributed by atoms with Gasteiger partial charge in [0.25, 0.3) is 0 Å². The minimum Gasteiger partial charge on any atom is -0.382 e. The van der Waals surface area contributed by atoms with Gasteiger partial charge in [0.2, 0.25) is 5.78 Å². The molecule has 3 N–H and O–H groups in total. The fourth-order valence-electron chi connectivity index (χ4n) is 4.93. The van der Waals surface area contributed by atoms with Gasteiger partial charge in [-0.15, -0.1) is 0 Å². The molecule has 0 aliphatic carbocycles. The first-order valence-electron chi connectivity index (χ1n) is 12.0. The Balaban J connectivity index is 1.19. The lowest BCUT2D eigenvalue weighted by Crippen LogP contribution is -2.46. The second-order valence-corrected chi connectivity index (χ2v) is 10.1. The summed E-state index contributed by atoms with van der Waals surface area (Å²) in [5, 5.41) is 3.80. The van der Waals surface area contributed by atoms with E-state index in [1.165, 1.54) is 86.5 Å². The average molecular weight is 480 g/mol. The maximum absolute atomic E-state index is 13.2. The molecule has 0 spiro atoms. The molecule has 5 rings (SSSR count). The van der Waals surface area contributed by atoms with Gasteiger partial charge < -0.3 is 20.9 Å². The summed E-state index contributed by atoms with van der Waals surface area (Å²) in [4.78, 5) is 22.5. The quantitative estimate of drug-likeness (QED) is 0.468. The number of likely N-dealkylation sites (tertiary alicyclic amines) is 1. The number of nitrogens with two attached hydrogens (primary N) is 1. The third kappa shape index (κ3) is 5.08. The highest BCUT2D eigenvalue weighted by Crippen LogP contribution is 2.31. The highest BCUT2D eigenvalue weighted by atomic mass is 32.1. The van der Waals surface area contributed by atoms with Gasteiger partial charge in [-0.3, -0.25) is 4.79 Å². The molecule has 0 bridgehead atoms. The topological polar surface area (TPSA) is 74.5 Å². The van der Waals surface area contributed by atoms with E-state index in [1.54, 1.807) is 0 Å². The van der Waals surface area contributed by atoms with Crippen LogP contribution in [0.2, 0.25) is 0 Å². The summed E-state index contributed by atoms with van der Waals surface area (Å²) in [6, 6.07) is 14.5. The van der Waals surface area contributed by atoms with E-state index in [0.29, 0.717) is 15.6 Å². The highest BCUT2D eigenvalue weighted by molar-refractivity contribution is 7.18. The van der Waals surface area contributed by atoms with Gasteiger partial charge in [-0.1, -0.05) is 17.8 Å². The Bertz CT molecular complexity index is 1120. The van der Waals surface area contributed by atoms with Crippen LogP contribution in [0, 0.1) is 5.82 Å². The number of rotatable bonds is 6. The first-order valence-corrected chi connectivity index (χ1v) is 12.8. The normalized spacial score (nSPS) is 17.6. The van der Waals surface area contributed by atoms with Crippen LogP contribution in [0.15, 0.2) is 48.5 Å². The van der Waals surface area contributed by atoms with Gasteiger partial charge in [0, 0.05) is 36.1 Å². The summed E-state index contributed by atoms with van der Waals surface area (Å²) in [5.41, 5.74) is 8.51. The van der Waals surface area contributed by atoms with Crippen LogP contribution in [0.5, 0.6) is 0 Å². The molecule has 3 heterocycles. The molecule has 178 valence electrons. The molecule has 0 unspecified atom stereocenters. The lowest BCUT2D eigenvalue weighted by atomic mass is 9.99. The van der Waals surface area contributed by atoms with Gasteiger partial charge in [-0.25, -0.2) is 9.37 Å². The fourth-order valence-corrected chi connectivity index (χ4v) is 5.80. The largest absolute Gasteiger partial charge is 0.382 e. The Hall–Kier alpha value is -2.97. The lowest BCUT2D eigenvalue weighted by Gasteiger charge is -2.41. The summed E-state index contributed by atoms with van der Waals surface area (Å²) < 4.78 is 13.2. The van der Waals surface area contributed by atoms with E-state index in [1.807, 2.05) is 12.1 Å². The predicted octanol–water partition coefficient (Wildman–Crippen LogP) is 5.29. The van der Waals surface area contributed by atoms with Crippen molar-refractivity contribution in [1.29, 1.82) is 0 Å². The van der Waals surface area contributed by atoms with Crippen molar-refractivity contribution in [3.05, 3.63) is 64.8 Å². The Morgan fingerprint density at radius 3 is 2.32 bits per heavy atom. The molecule has 2 aliphatic rings. The molecule has 0 atom stereocenters. The minimum absolute atomic E-state index is 0.176. The van der Waals surface area contributed by atoms with Gasteiger partial charge >= 0.3 is 0 Å². The molecule has 34 heavy (non-hydrogen) atoms. The van der Waals surface area contributed by atoms with E-state index in [2.05, 4.69) is 32.2 Å². The van der Waals surface area contributed by atoms with Crippen molar-refractivity contribution >= 4 is 39.4 Å². The van der Waals surface area contributed by atoms with Crippen molar-refractivity contribution in [1.82, 2.24) is 9.88 Å². The minimum atomic E-state index is -0.383. The van der Waals surface area contributed by atoms with Gasteiger partial charge in [-0.2, -0.15) is 0 Å². The average Bonchev–Trinajstić information content (AvgIpc) is 3.25. The summed E-state index contributed by atoms with van der Waals surface area (Å²) in [7, 11) is 0. The number of hydrogen-bond donors (Lipinski definition) is 2. The molecule has 0 amide bonds. The number of hydrogen-bond acceptors (Lipinski definition) is 7. The van der Waals surface area contributed by atoms with Crippen LogP contribution >= 0.6 is 11.3 Å². The van der Waals surface area contributed by atoms with Crippen LogP contribution in [0.3, 0.4) is 0 Å². The van der Waals surface area contributed by atoms with Gasteiger partial charge in [-0.05, 0) is 87.3 Å². The third-order valence-electron chi connectivity index (χ3n) is 6.82. The number of aromatic nitrogens is 1. The number of benzene rings is 2. The molecule has 8 heteroatoms. The van der Waals surface area contributed by atoms with Crippen LogP contribution < -0.4 is 16.0 Å². The first kappa shape index (κ1) is 22.8. The zero-order valence-electron chi connectivity index (χ0n) is 19.2. The molecular weight excluding hydrogens is 449 g/mol. The number of nitrogens with zero attached hydrogens (tertiary/aromatic N) is 3. The SMILES string of the molecule is Nc1nc(Nc2ccc(N3CCC(N4CCCCC4)CC3)cc2)sc1C(=O)c1ccc(F)cc1. The smallest absolute Gasteiger partial charge is 0.206 e. The number of thiazole rings is 1. The Kier molecular flexibility index (Phi) is 6.78. The van der Waals surface area contributed by atoms with Crippen LogP contribution in [-0.4, -0.2) is 47.9 Å². The molecule has 2 aromatic carbocycles. The van der Waals surface area contributed by atoms with Crippen LogP contribution in [0.1, 0.15) is 47.3 Å². The molecule has 2 saturated heterocycles. The standard InChI is InChI=1S/C26H30FN5OS/c27-19-6-4-18(5-7-19)23(33)24-25(28)30-26(34-24)29-20-8-10-21(11-9-20)32-16-12-22(13-17-32)31-14-2-1-3-15-31/h4-11,22H,1-3,12-17,28H2,(H,29,30). The van der Waals surface area contributed by atoms with E-state index in [9.17, 15) is 9.18 Å². The predicted molar refractivity (Wildman–Crippen MR) is 137 cm³/mol. The molecule has 3 aromatic rings. The van der Waals surface area contributed by atoms with E-state index in [-0.39, 0.29) is 17.4 Å². The first-order chi connectivity index (χ1) is 16.6. The highest BCUT2D eigenvalue weighted by Gasteiger charge is 2.25. The fraction of sp³-hybridized carbons (Fsp3) is 0.385. The number of nitrogen functional groups attached to an aromatic ring is 1. The molecule has 1 aromatic heterocycles. The molecule has 2 aliphatic heterocycles. The number of piperidine rings is 2. The van der Waals surface area contributed by atoms with E-state index in [0.717, 1.165) is 24.8 Å². The van der Waals surface area contributed by atoms with Crippen molar-refractivity contribution in [3.8, 4) is 0 Å². The monoisotopic (exact) mass is 479 g/mol. The number of carbonyl (C=O) groups excluding carboxylic acids is 1. The van der Waals surface area contributed by atoms with Crippen LogP contribution in [0.25, 0.3) is 0 Å². The molecule has 2 fully saturated rings. The second-order valence-electron chi connectivity index (χ2n) is 9.06. The number of carbonyl (C=O) groups is 1. The van der Waals surface area contributed by atoms with E-state index < -0.39 is 0 Å². The summed E-state index contributed by atoms with van der Waals surface area (Å²) in [6.45, 7) is 4.71. The van der Waals surface area contributed by atoms with Crippen molar-refractivity contribution in [2.45, 2.75) is 38.1 Å². The van der Waals surface area contributed by atoms with Gasteiger partial charge in [0.15, 0.2) is 5.13 Å².